The van der Waals surface area contributed by atoms with E-state index < -0.39 is 0 Å². The first kappa shape index (κ1) is 23.4. The molecule has 2 heterocycles. The number of H-pyrrole nitrogens is 1. The lowest BCUT2D eigenvalue weighted by atomic mass is 9.79. The van der Waals surface area contributed by atoms with Crippen molar-refractivity contribution in [2.75, 3.05) is 0 Å². The molecular formula is C27H34N8. The number of aryl methyl sites for hydroxylation is 1. The molecule has 4 aromatic rings. The van der Waals surface area contributed by atoms with Crippen LogP contribution in [0.4, 0.5) is 0 Å². The molecule has 1 saturated carbocycles. The van der Waals surface area contributed by atoms with Gasteiger partial charge in [0.05, 0.1) is 6.54 Å². The van der Waals surface area contributed by atoms with E-state index in [0.717, 1.165) is 60.6 Å². The van der Waals surface area contributed by atoms with Gasteiger partial charge in [-0.2, -0.15) is 10.3 Å². The minimum absolute atomic E-state index is 0.357. The molecule has 0 saturated heterocycles. The van der Waals surface area contributed by atoms with Crippen LogP contribution in [0.3, 0.4) is 0 Å². The predicted molar refractivity (Wildman–Crippen MR) is 137 cm³/mol. The van der Waals surface area contributed by atoms with Crippen molar-refractivity contribution >= 4 is 0 Å². The van der Waals surface area contributed by atoms with Crippen molar-refractivity contribution in [3.05, 3.63) is 65.7 Å². The molecule has 182 valence electrons. The van der Waals surface area contributed by atoms with Crippen LogP contribution in [0.2, 0.25) is 0 Å². The number of tetrazole rings is 1. The van der Waals surface area contributed by atoms with E-state index in [2.05, 4.69) is 69.5 Å². The molecule has 2 aromatic heterocycles. The number of nitrogens with two attached hydrogens (primary N) is 1. The lowest BCUT2D eigenvalue weighted by Crippen LogP contribution is -2.29. The summed E-state index contributed by atoms with van der Waals surface area (Å²) in [6.07, 6.45) is 6.52. The topological polar surface area (TPSA) is 111 Å². The Balaban J connectivity index is 1.38. The van der Waals surface area contributed by atoms with E-state index in [0.29, 0.717) is 23.7 Å². The fourth-order valence-electron chi connectivity index (χ4n) is 5.21. The van der Waals surface area contributed by atoms with Gasteiger partial charge in [-0.1, -0.05) is 62.4 Å². The molecule has 1 atom stereocenters. The number of hydrogen-bond acceptors (Lipinski definition) is 6. The summed E-state index contributed by atoms with van der Waals surface area (Å²) in [7, 11) is 0. The lowest BCUT2D eigenvalue weighted by Gasteiger charge is -2.30. The molecule has 1 aliphatic carbocycles. The van der Waals surface area contributed by atoms with E-state index in [1.54, 1.807) is 0 Å². The SMILES string of the molecule is CCCc1nc(C(C)C2CCC(N)CC2)n(Cc2ccc(-c3ccccc3-c3nn[nH]n3)cc2)n1. The highest BCUT2D eigenvalue weighted by Gasteiger charge is 2.28. The second-order valence-corrected chi connectivity index (χ2v) is 9.74. The van der Waals surface area contributed by atoms with Crippen molar-refractivity contribution in [3.8, 4) is 22.5 Å². The van der Waals surface area contributed by atoms with Crippen LogP contribution in [0.25, 0.3) is 22.5 Å². The standard InChI is InChI=1S/C27H34N8/c1-3-6-25-29-27(18(2)20-13-15-22(28)16-14-20)35(32-25)17-19-9-11-21(12-10-19)23-7-4-5-8-24(23)26-30-33-34-31-26/h4-5,7-12,18,20,22H,3,6,13-17,28H2,1-2H3,(H,30,31,33,34). The molecule has 35 heavy (non-hydrogen) atoms. The van der Waals surface area contributed by atoms with E-state index in [1.807, 2.05) is 18.2 Å². The molecule has 0 aliphatic heterocycles. The summed E-state index contributed by atoms with van der Waals surface area (Å²) < 4.78 is 2.13. The van der Waals surface area contributed by atoms with E-state index in [1.165, 1.54) is 18.4 Å². The first-order valence-electron chi connectivity index (χ1n) is 12.7. The third-order valence-electron chi connectivity index (χ3n) is 7.26. The van der Waals surface area contributed by atoms with Gasteiger partial charge in [-0.25, -0.2) is 9.67 Å². The van der Waals surface area contributed by atoms with Gasteiger partial charge >= 0.3 is 0 Å². The van der Waals surface area contributed by atoms with Crippen molar-refractivity contribution in [1.82, 2.24) is 35.4 Å². The molecule has 5 rings (SSSR count). The molecular weight excluding hydrogens is 436 g/mol. The first-order chi connectivity index (χ1) is 17.1. The zero-order valence-electron chi connectivity index (χ0n) is 20.6. The fourth-order valence-corrected chi connectivity index (χ4v) is 5.21. The third-order valence-corrected chi connectivity index (χ3v) is 7.26. The number of aromatic amines is 1. The van der Waals surface area contributed by atoms with E-state index in [9.17, 15) is 0 Å². The van der Waals surface area contributed by atoms with Crippen LogP contribution in [-0.4, -0.2) is 41.4 Å². The second-order valence-electron chi connectivity index (χ2n) is 9.74. The minimum Gasteiger partial charge on any atom is -0.328 e. The molecule has 0 radical (unpaired) electrons. The van der Waals surface area contributed by atoms with Crippen LogP contribution in [0, 0.1) is 5.92 Å². The highest BCUT2D eigenvalue weighted by atomic mass is 15.5. The summed E-state index contributed by atoms with van der Waals surface area (Å²) in [6, 6.07) is 17.2. The van der Waals surface area contributed by atoms with Crippen molar-refractivity contribution < 1.29 is 0 Å². The summed E-state index contributed by atoms with van der Waals surface area (Å²) >= 11 is 0. The number of benzene rings is 2. The largest absolute Gasteiger partial charge is 0.328 e. The van der Waals surface area contributed by atoms with Crippen molar-refractivity contribution in [3.63, 3.8) is 0 Å². The predicted octanol–water partition coefficient (Wildman–Crippen LogP) is 4.75. The molecule has 8 heteroatoms. The van der Waals surface area contributed by atoms with Crippen molar-refractivity contribution in [1.29, 1.82) is 0 Å². The Labute approximate surface area is 206 Å². The van der Waals surface area contributed by atoms with Gasteiger partial charge in [0.2, 0.25) is 5.82 Å². The summed E-state index contributed by atoms with van der Waals surface area (Å²) in [5.41, 5.74) is 10.5. The monoisotopic (exact) mass is 470 g/mol. The second kappa shape index (κ2) is 10.5. The quantitative estimate of drug-likeness (QED) is 0.384. The molecule has 0 spiro atoms. The number of nitrogens with one attached hydrogen (secondary N) is 1. The van der Waals surface area contributed by atoms with Gasteiger partial charge in [0.1, 0.15) is 5.82 Å². The van der Waals surface area contributed by atoms with Crippen LogP contribution < -0.4 is 5.73 Å². The Bertz CT molecular complexity index is 1220. The smallest absolute Gasteiger partial charge is 0.205 e. The molecule has 0 amide bonds. The van der Waals surface area contributed by atoms with Gasteiger partial charge in [-0.05, 0) is 59.9 Å². The van der Waals surface area contributed by atoms with Crippen LogP contribution in [0.1, 0.15) is 69.1 Å². The molecule has 1 unspecified atom stereocenters. The number of nitrogens with zero attached hydrogens (tertiary/aromatic N) is 6. The average Bonchev–Trinajstić information content (AvgIpc) is 3.55. The number of hydrogen-bond donors (Lipinski definition) is 2. The molecule has 2 aromatic carbocycles. The Morgan fingerprint density at radius 1 is 1.03 bits per heavy atom. The number of aromatic nitrogens is 7. The molecule has 8 nitrogen and oxygen atoms in total. The minimum atomic E-state index is 0.357. The van der Waals surface area contributed by atoms with E-state index in [-0.39, 0.29) is 0 Å². The number of rotatable bonds is 8. The zero-order chi connectivity index (χ0) is 24.2. The summed E-state index contributed by atoms with van der Waals surface area (Å²) in [5.74, 6) is 3.66. The van der Waals surface area contributed by atoms with E-state index >= 15 is 0 Å². The van der Waals surface area contributed by atoms with Crippen molar-refractivity contribution in [2.24, 2.45) is 11.7 Å². The molecule has 0 bridgehead atoms. The Kier molecular flexibility index (Phi) is 6.99. The highest BCUT2D eigenvalue weighted by Crippen LogP contribution is 2.35. The third kappa shape index (κ3) is 5.17. The molecule has 1 aliphatic rings. The van der Waals surface area contributed by atoms with Crippen molar-refractivity contribution in [2.45, 2.75) is 70.9 Å². The highest BCUT2D eigenvalue weighted by molar-refractivity contribution is 5.80. The normalized spacial score (nSPS) is 19.1. The van der Waals surface area contributed by atoms with Gasteiger partial charge in [0, 0.05) is 23.9 Å². The molecule has 1 fully saturated rings. The summed E-state index contributed by atoms with van der Waals surface area (Å²) in [5, 5.41) is 19.5. The van der Waals surface area contributed by atoms with Gasteiger partial charge in [0.15, 0.2) is 5.82 Å². The fraction of sp³-hybridized carbons (Fsp3) is 0.444. The molecule has 3 N–H and O–H groups in total. The van der Waals surface area contributed by atoms with Gasteiger partial charge in [0.25, 0.3) is 0 Å². The summed E-state index contributed by atoms with van der Waals surface area (Å²) in [4.78, 5) is 4.99. The Morgan fingerprint density at radius 3 is 2.46 bits per heavy atom. The van der Waals surface area contributed by atoms with Crippen LogP contribution in [0.15, 0.2) is 48.5 Å². The Morgan fingerprint density at radius 2 is 1.77 bits per heavy atom. The van der Waals surface area contributed by atoms with Gasteiger partial charge < -0.3 is 5.73 Å². The van der Waals surface area contributed by atoms with Crippen LogP contribution in [-0.2, 0) is 13.0 Å². The first-order valence-corrected chi connectivity index (χ1v) is 12.7. The maximum Gasteiger partial charge on any atom is 0.205 e. The van der Waals surface area contributed by atoms with E-state index in [4.69, 9.17) is 15.8 Å². The maximum atomic E-state index is 6.16. The van der Waals surface area contributed by atoms with Crippen LogP contribution >= 0.6 is 0 Å². The summed E-state index contributed by atoms with van der Waals surface area (Å²) in [6.45, 7) is 5.21. The van der Waals surface area contributed by atoms with Gasteiger partial charge in [-0.3, -0.25) is 0 Å². The zero-order valence-corrected chi connectivity index (χ0v) is 20.6. The maximum absolute atomic E-state index is 6.16. The van der Waals surface area contributed by atoms with Gasteiger partial charge in [-0.15, -0.1) is 10.2 Å². The average molecular weight is 471 g/mol. The van der Waals surface area contributed by atoms with Crippen LogP contribution in [0.5, 0.6) is 0 Å². The Hall–Kier alpha value is -3.39. The lowest BCUT2D eigenvalue weighted by molar-refractivity contribution is 0.281.